The molecule has 5 aromatic rings. The van der Waals surface area contributed by atoms with Crippen LogP contribution >= 0.6 is 23.8 Å². The van der Waals surface area contributed by atoms with Gasteiger partial charge in [-0.1, -0.05) is 65.7 Å². The maximum Gasteiger partial charge on any atom is 0.204 e. The first-order valence-electron chi connectivity index (χ1n) is 11.6. The van der Waals surface area contributed by atoms with Crippen LogP contribution in [0.2, 0.25) is 5.02 Å². The van der Waals surface area contributed by atoms with Crippen LogP contribution in [0.15, 0.2) is 103 Å². The number of anilines is 1. The topological polar surface area (TPSA) is 44.0 Å². The lowest BCUT2D eigenvalue weighted by molar-refractivity contribution is 0.306. The van der Waals surface area contributed by atoms with Crippen molar-refractivity contribution in [3.8, 4) is 22.8 Å². The summed E-state index contributed by atoms with van der Waals surface area (Å²) in [5.41, 5.74) is 5.06. The number of nitrogens with one attached hydrogen (secondary N) is 1. The van der Waals surface area contributed by atoms with Gasteiger partial charge in [-0.3, -0.25) is 4.57 Å². The number of halogens is 1. The van der Waals surface area contributed by atoms with Crippen LogP contribution in [0.4, 0.5) is 5.69 Å². The molecule has 5 rings (SSSR count). The molecule has 0 saturated carbocycles. The largest absolute Gasteiger partial charge is 0.489 e. The number of hydrogen-bond donors (Lipinski definition) is 1. The minimum atomic E-state index is 0.401. The van der Waals surface area contributed by atoms with Crippen molar-refractivity contribution in [1.29, 1.82) is 0 Å². The lowest BCUT2D eigenvalue weighted by Crippen LogP contribution is -2.10. The molecular formula is C29H25ClN4OS. The molecule has 5 nitrogen and oxygen atoms in total. The summed E-state index contributed by atoms with van der Waals surface area (Å²) in [4.78, 5) is 0. The van der Waals surface area contributed by atoms with Gasteiger partial charge >= 0.3 is 0 Å². The standard InChI is InChI=1S/C29H25ClN4OS/c1-21-11-15-24(16-12-21)31-20-33-29(36)34(25-8-3-2-4-9-25)28(32-33)22-13-17-26(18-14-22)35-19-23-7-5-6-10-27(23)30/h2-18,31H,19-20H2,1H3. The molecule has 1 N–H and O–H groups in total. The second-order valence-corrected chi connectivity index (χ2v) is 9.15. The number of ether oxygens (including phenoxy) is 1. The van der Waals surface area contributed by atoms with Crippen molar-refractivity contribution in [2.45, 2.75) is 20.2 Å². The average molecular weight is 513 g/mol. The first kappa shape index (κ1) is 23.9. The van der Waals surface area contributed by atoms with E-state index in [1.165, 1.54) is 5.56 Å². The molecule has 0 fully saturated rings. The number of aromatic nitrogens is 3. The van der Waals surface area contributed by atoms with E-state index in [1.54, 1.807) is 4.68 Å². The molecule has 0 bridgehead atoms. The van der Waals surface area contributed by atoms with E-state index in [2.05, 4.69) is 36.5 Å². The Hall–Kier alpha value is -3.87. The highest BCUT2D eigenvalue weighted by Gasteiger charge is 2.15. The van der Waals surface area contributed by atoms with E-state index >= 15 is 0 Å². The average Bonchev–Trinajstić information content (AvgIpc) is 3.24. The van der Waals surface area contributed by atoms with E-state index in [-0.39, 0.29) is 0 Å². The zero-order valence-electron chi connectivity index (χ0n) is 19.8. The van der Waals surface area contributed by atoms with Crippen molar-refractivity contribution in [1.82, 2.24) is 14.3 Å². The van der Waals surface area contributed by atoms with Crippen molar-refractivity contribution in [3.63, 3.8) is 0 Å². The summed E-state index contributed by atoms with van der Waals surface area (Å²) in [5, 5.41) is 8.98. The molecule has 180 valence electrons. The van der Waals surface area contributed by atoms with Crippen molar-refractivity contribution in [2.24, 2.45) is 0 Å². The van der Waals surface area contributed by atoms with E-state index in [9.17, 15) is 0 Å². The molecule has 0 atom stereocenters. The maximum absolute atomic E-state index is 6.25. The first-order chi connectivity index (χ1) is 17.6. The number of hydrogen-bond acceptors (Lipinski definition) is 4. The normalized spacial score (nSPS) is 10.8. The molecule has 0 aliphatic rings. The predicted molar refractivity (Wildman–Crippen MR) is 148 cm³/mol. The highest BCUT2D eigenvalue weighted by molar-refractivity contribution is 7.71. The van der Waals surface area contributed by atoms with Gasteiger partial charge in [0, 0.05) is 27.5 Å². The van der Waals surface area contributed by atoms with Gasteiger partial charge in [-0.2, -0.15) is 0 Å². The Morgan fingerprint density at radius 1 is 0.861 bits per heavy atom. The number of para-hydroxylation sites is 1. The van der Waals surface area contributed by atoms with Crippen LogP contribution in [0, 0.1) is 11.7 Å². The summed E-state index contributed by atoms with van der Waals surface area (Å²) < 4.78 is 10.4. The number of aryl methyl sites for hydroxylation is 1. The summed E-state index contributed by atoms with van der Waals surface area (Å²) in [5.74, 6) is 1.51. The molecule has 7 heteroatoms. The second kappa shape index (κ2) is 10.8. The van der Waals surface area contributed by atoms with Gasteiger partial charge in [0.25, 0.3) is 0 Å². The Kier molecular flexibility index (Phi) is 7.16. The molecule has 1 heterocycles. The minimum Gasteiger partial charge on any atom is -0.489 e. The Morgan fingerprint density at radius 3 is 2.28 bits per heavy atom. The molecule has 0 aliphatic carbocycles. The fourth-order valence-electron chi connectivity index (χ4n) is 3.82. The third-order valence-corrected chi connectivity index (χ3v) is 6.56. The van der Waals surface area contributed by atoms with Crippen molar-refractivity contribution in [3.05, 3.63) is 124 Å². The monoisotopic (exact) mass is 512 g/mol. The van der Waals surface area contributed by atoms with Crippen molar-refractivity contribution in [2.75, 3.05) is 5.32 Å². The molecule has 1 aromatic heterocycles. The Labute approximate surface area is 220 Å². The summed E-state index contributed by atoms with van der Waals surface area (Å²) in [6, 6.07) is 33.8. The summed E-state index contributed by atoms with van der Waals surface area (Å²) in [6.07, 6.45) is 0. The van der Waals surface area contributed by atoms with Gasteiger partial charge in [-0.05, 0) is 73.7 Å². The van der Waals surface area contributed by atoms with Gasteiger partial charge in [-0.15, -0.1) is 5.10 Å². The molecule has 36 heavy (non-hydrogen) atoms. The molecule has 0 unspecified atom stereocenters. The lowest BCUT2D eigenvalue weighted by atomic mass is 10.2. The van der Waals surface area contributed by atoms with Crippen molar-refractivity contribution < 1.29 is 4.74 Å². The molecule has 0 radical (unpaired) electrons. The van der Waals surface area contributed by atoms with E-state index in [1.807, 2.05) is 83.4 Å². The summed E-state index contributed by atoms with van der Waals surface area (Å²) in [7, 11) is 0. The van der Waals surface area contributed by atoms with Gasteiger partial charge in [0.2, 0.25) is 4.77 Å². The summed E-state index contributed by atoms with van der Waals surface area (Å²) in [6.45, 7) is 2.92. The molecule has 0 spiro atoms. The minimum absolute atomic E-state index is 0.401. The van der Waals surface area contributed by atoms with E-state index in [0.717, 1.165) is 34.1 Å². The first-order valence-corrected chi connectivity index (χ1v) is 12.4. The van der Waals surface area contributed by atoms with Gasteiger partial charge in [-0.25, -0.2) is 4.68 Å². The van der Waals surface area contributed by atoms with Gasteiger partial charge < -0.3 is 10.1 Å². The van der Waals surface area contributed by atoms with Crippen LogP contribution in [0.25, 0.3) is 17.1 Å². The van der Waals surface area contributed by atoms with Gasteiger partial charge in [0.05, 0.1) is 0 Å². The lowest BCUT2D eigenvalue weighted by Gasteiger charge is -2.09. The van der Waals surface area contributed by atoms with Crippen LogP contribution in [-0.2, 0) is 13.3 Å². The quantitative estimate of drug-likeness (QED) is 0.216. The van der Waals surface area contributed by atoms with Gasteiger partial charge in [0.15, 0.2) is 5.82 Å². The fourth-order valence-corrected chi connectivity index (χ4v) is 4.31. The zero-order chi connectivity index (χ0) is 24.9. The van der Waals surface area contributed by atoms with E-state index < -0.39 is 0 Å². The third-order valence-electron chi connectivity index (χ3n) is 5.80. The molecular weight excluding hydrogens is 488 g/mol. The van der Waals surface area contributed by atoms with Crippen molar-refractivity contribution >= 4 is 29.5 Å². The number of nitrogens with zero attached hydrogens (tertiary/aromatic N) is 3. The highest BCUT2D eigenvalue weighted by Crippen LogP contribution is 2.26. The SMILES string of the molecule is Cc1ccc(NCn2nc(-c3ccc(OCc4ccccc4Cl)cc3)n(-c3ccccc3)c2=S)cc1. The fraction of sp³-hybridized carbons (Fsp3) is 0.103. The van der Waals surface area contributed by atoms with Crippen LogP contribution in [0.5, 0.6) is 5.75 Å². The van der Waals surface area contributed by atoms with E-state index in [4.69, 9.17) is 33.7 Å². The predicted octanol–water partition coefficient (Wildman–Crippen LogP) is 7.68. The Bertz CT molecular complexity index is 1510. The highest BCUT2D eigenvalue weighted by atomic mass is 35.5. The number of benzene rings is 4. The third kappa shape index (κ3) is 5.35. The molecule has 4 aromatic carbocycles. The maximum atomic E-state index is 6.25. The van der Waals surface area contributed by atoms with Crippen LogP contribution < -0.4 is 10.1 Å². The summed E-state index contributed by atoms with van der Waals surface area (Å²) >= 11 is 12.1. The van der Waals surface area contributed by atoms with Crippen LogP contribution in [0.3, 0.4) is 0 Å². The number of rotatable bonds is 8. The smallest absolute Gasteiger partial charge is 0.204 e. The molecule has 0 amide bonds. The Morgan fingerprint density at radius 2 is 1.56 bits per heavy atom. The molecule has 0 aliphatic heterocycles. The second-order valence-electron chi connectivity index (χ2n) is 8.38. The Balaban J connectivity index is 1.42. The van der Waals surface area contributed by atoms with E-state index in [0.29, 0.717) is 23.1 Å². The van der Waals surface area contributed by atoms with Crippen LogP contribution in [0.1, 0.15) is 11.1 Å². The zero-order valence-corrected chi connectivity index (χ0v) is 21.3. The molecule has 0 saturated heterocycles. The van der Waals surface area contributed by atoms with Gasteiger partial charge in [0.1, 0.15) is 19.0 Å². The van der Waals surface area contributed by atoms with Crippen LogP contribution in [-0.4, -0.2) is 14.3 Å².